The molecule has 0 aliphatic carbocycles. The van der Waals surface area contributed by atoms with Gasteiger partial charge in [0.15, 0.2) is 0 Å². The first-order chi connectivity index (χ1) is 12.1. The molecule has 4 heterocycles. The number of aryl methyl sites for hydroxylation is 1. The fourth-order valence-corrected chi connectivity index (χ4v) is 4.13. The van der Waals surface area contributed by atoms with E-state index in [-0.39, 0.29) is 17.6 Å². The molecule has 0 saturated carbocycles. The maximum atomic E-state index is 12.4. The summed E-state index contributed by atoms with van der Waals surface area (Å²) in [6.45, 7) is 3.85. The molecule has 0 radical (unpaired) electrons. The van der Waals surface area contributed by atoms with Gasteiger partial charge in [0.1, 0.15) is 11.7 Å². The number of carbonyl (C=O) groups is 1. The Labute approximate surface area is 150 Å². The second kappa shape index (κ2) is 6.72. The molecule has 0 N–H and O–H groups in total. The van der Waals surface area contributed by atoms with Gasteiger partial charge in [0.25, 0.3) is 0 Å². The molecule has 1 unspecified atom stereocenters. The maximum absolute atomic E-state index is 12.4. The lowest BCUT2D eigenvalue weighted by Gasteiger charge is -2.52. The monoisotopic (exact) mass is 359 g/mol. The van der Waals surface area contributed by atoms with Gasteiger partial charge in [0.2, 0.25) is 5.91 Å². The van der Waals surface area contributed by atoms with E-state index in [0.717, 1.165) is 23.4 Å². The number of rotatable bonds is 4. The normalized spacial score (nSPS) is 21.8. The van der Waals surface area contributed by atoms with Crippen molar-refractivity contribution in [3.63, 3.8) is 0 Å². The fraction of sp³-hybridized carbons (Fsp3) is 0.500. The van der Waals surface area contributed by atoms with Crippen molar-refractivity contribution < 1.29 is 14.3 Å². The second-order valence-corrected chi connectivity index (χ2v) is 7.78. The Balaban J connectivity index is 1.32. The van der Waals surface area contributed by atoms with E-state index >= 15 is 0 Å². The van der Waals surface area contributed by atoms with Gasteiger partial charge in [-0.1, -0.05) is 6.07 Å². The van der Waals surface area contributed by atoms with E-state index in [2.05, 4.69) is 9.97 Å². The van der Waals surface area contributed by atoms with Gasteiger partial charge in [0.05, 0.1) is 26.1 Å². The summed E-state index contributed by atoms with van der Waals surface area (Å²) in [6.07, 6.45) is 3.81. The predicted octanol–water partition coefficient (Wildman–Crippen LogP) is 2.23. The first kappa shape index (κ1) is 16.5. The Bertz CT molecular complexity index is 744. The molecule has 0 aromatic carbocycles. The van der Waals surface area contributed by atoms with Gasteiger partial charge in [-0.3, -0.25) is 4.79 Å². The van der Waals surface area contributed by atoms with Crippen LogP contribution >= 0.6 is 11.3 Å². The standard InChI is InChI=1S/C18H21N3O3S/c1-13-4-6-19-17(20-13)24-14-5-7-23-18(10-14)11-21(12-18)16(22)9-15-3-2-8-25-15/h2-4,6,8,14H,5,7,9-12H2,1H3. The van der Waals surface area contributed by atoms with Crippen LogP contribution in [0.3, 0.4) is 0 Å². The van der Waals surface area contributed by atoms with Gasteiger partial charge in [-0.25, -0.2) is 9.97 Å². The first-order valence-corrected chi connectivity index (χ1v) is 9.40. The molecule has 2 aliphatic heterocycles. The fourth-order valence-electron chi connectivity index (χ4n) is 3.44. The molecule has 0 bridgehead atoms. The lowest BCUT2D eigenvalue weighted by atomic mass is 9.84. The Morgan fingerprint density at radius 1 is 1.48 bits per heavy atom. The predicted molar refractivity (Wildman–Crippen MR) is 93.7 cm³/mol. The highest BCUT2D eigenvalue weighted by atomic mass is 32.1. The van der Waals surface area contributed by atoms with Crippen LogP contribution in [0.1, 0.15) is 23.4 Å². The number of hydrogen-bond donors (Lipinski definition) is 0. The highest BCUT2D eigenvalue weighted by Crippen LogP contribution is 2.35. The molecule has 2 aromatic heterocycles. The van der Waals surface area contributed by atoms with Crippen molar-refractivity contribution in [3.05, 3.63) is 40.3 Å². The van der Waals surface area contributed by atoms with Crippen LogP contribution in [-0.4, -0.2) is 52.2 Å². The molecular formula is C18H21N3O3S. The quantitative estimate of drug-likeness (QED) is 0.838. The number of carbonyl (C=O) groups excluding carboxylic acids is 1. The van der Waals surface area contributed by atoms with Crippen molar-refractivity contribution in [1.82, 2.24) is 14.9 Å². The van der Waals surface area contributed by atoms with Crippen LogP contribution in [0.15, 0.2) is 29.8 Å². The minimum Gasteiger partial charge on any atom is -0.460 e. The van der Waals surface area contributed by atoms with E-state index in [1.165, 1.54) is 0 Å². The van der Waals surface area contributed by atoms with Gasteiger partial charge in [-0.2, -0.15) is 0 Å². The minimum absolute atomic E-state index is 0.0325. The molecule has 1 amide bonds. The van der Waals surface area contributed by atoms with Gasteiger partial charge in [-0.05, 0) is 24.4 Å². The number of ether oxygens (including phenoxy) is 2. The second-order valence-electron chi connectivity index (χ2n) is 6.75. The number of likely N-dealkylation sites (tertiary alicyclic amines) is 1. The molecule has 7 heteroatoms. The maximum Gasteiger partial charge on any atom is 0.316 e. The zero-order valence-electron chi connectivity index (χ0n) is 14.2. The number of hydrogen-bond acceptors (Lipinski definition) is 6. The highest BCUT2D eigenvalue weighted by molar-refractivity contribution is 7.10. The van der Waals surface area contributed by atoms with Crippen LogP contribution in [-0.2, 0) is 16.0 Å². The summed E-state index contributed by atoms with van der Waals surface area (Å²) in [5.41, 5.74) is 0.624. The van der Waals surface area contributed by atoms with Gasteiger partial charge in [-0.15, -0.1) is 11.3 Å². The molecule has 132 valence electrons. The molecule has 2 aromatic rings. The summed E-state index contributed by atoms with van der Waals surface area (Å²) in [7, 11) is 0. The van der Waals surface area contributed by atoms with Gasteiger partial charge >= 0.3 is 6.01 Å². The topological polar surface area (TPSA) is 64.6 Å². The third-order valence-corrected chi connectivity index (χ3v) is 5.59. The van der Waals surface area contributed by atoms with E-state index in [9.17, 15) is 4.79 Å². The molecule has 6 nitrogen and oxygen atoms in total. The lowest BCUT2D eigenvalue weighted by molar-refractivity contribution is -0.193. The summed E-state index contributed by atoms with van der Waals surface area (Å²) < 4.78 is 11.9. The number of amides is 1. The van der Waals surface area contributed by atoms with E-state index < -0.39 is 0 Å². The van der Waals surface area contributed by atoms with Crippen molar-refractivity contribution in [2.75, 3.05) is 19.7 Å². The lowest BCUT2D eigenvalue weighted by Crippen LogP contribution is -2.67. The van der Waals surface area contributed by atoms with Crippen molar-refractivity contribution in [2.24, 2.45) is 0 Å². The average molecular weight is 359 g/mol. The smallest absolute Gasteiger partial charge is 0.316 e. The number of thiophene rings is 1. The SMILES string of the molecule is Cc1ccnc(OC2CCOC3(C2)CN(C(=O)Cc2cccs2)C3)n1. The van der Waals surface area contributed by atoms with Crippen LogP contribution < -0.4 is 4.74 Å². The minimum atomic E-state index is -0.266. The average Bonchev–Trinajstić information content (AvgIpc) is 3.05. The summed E-state index contributed by atoms with van der Waals surface area (Å²) in [5, 5.41) is 2.00. The molecule has 4 rings (SSSR count). The summed E-state index contributed by atoms with van der Waals surface area (Å²) in [5.74, 6) is 0.168. The molecular weight excluding hydrogens is 338 g/mol. The molecule has 2 saturated heterocycles. The summed E-state index contributed by atoms with van der Waals surface area (Å²) in [4.78, 5) is 23.8. The van der Waals surface area contributed by atoms with E-state index in [4.69, 9.17) is 9.47 Å². The summed E-state index contributed by atoms with van der Waals surface area (Å²) in [6, 6.07) is 6.25. The Morgan fingerprint density at radius 3 is 3.12 bits per heavy atom. The van der Waals surface area contributed by atoms with Crippen LogP contribution in [0.25, 0.3) is 0 Å². The zero-order valence-corrected chi connectivity index (χ0v) is 15.0. The Hall–Kier alpha value is -1.99. The van der Waals surface area contributed by atoms with E-state index in [1.54, 1.807) is 17.5 Å². The van der Waals surface area contributed by atoms with Crippen molar-refractivity contribution in [2.45, 2.75) is 37.9 Å². The van der Waals surface area contributed by atoms with Crippen LogP contribution in [0.2, 0.25) is 0 Å². The van der Waals surface area contributed by atoms with Crippen LogP contribution in [0.4, 0.5) is 0 Å². The Morgan fingerprint density at radius 2 is 2.36 bits per heavy atom. The largest absolute Gasteiger partial charge is 0.460 e. The molecule has 1 spiro atoms. The first-order valence-electron chi connectivity index (χ1n) is 8.52. The molecule has 2 fully saturated rings. The number of nitrogens with zero attached hydrogens (tertiary/aromatic N) is 3. The Kier molecular flexibility index (Phi) is 4.43. The van der Waals surface area contributed by atoms with Crippen LogP contribution in [0, 0.1) is 6.92 Å². The third-order valence-electron chi connectivity index (χ3n) is 4.71. The molecule has 25 heavy (non-hydrogen) atoms. The van der Waals surface area contributed by atoms with Crippen molar-refractivity contribution in [1.29, 1.82) is 0 Å². The van der Waals surface area contributed by atoms with Gasteiger partial charge in [0, 0.05) is 29.6 Å². The van der Waals surface area contributed by atoms with Crippen molar-refractivity contribution in [3.8, 4) is 6.01 Å². The molecule has 2 aliphatic rings. The zero-order chi connectivity index (χ0) is 17.3. The van der Waals surface area contributed by atoms with E-state index in [1.807, 2.05) is 35.4 Å². The number of aromatic nitrogens is 2. The van der Waals surface area contributed by atoms with Crippen LogP contribution in [0.5, 0.6) is 6.01 Å². The summed E-state index contributed by atoms with van der Waals surface area (Å²) >= 11 is 1.62. The van der Waals surface area contributed by atoms with E-state index in [0.29, 0.717) is 32.1 Å². The molecule has 1 atom stereocenters. The van der Waals surface area contributed by atoms with Gasteiger partial charge < -0.3 is 14.4 Å². The highest BCUT2D eigenvalue weighted by Gasteiger charge is 2.49. The van der Waals surface area contributed by atoms with Crippen molar-refractivity contribution >= 4 is 17.2 Å². The third kappa shape index (κ3) is 3.67.